The molecular weight excluding hydrogens is 352 g/mol. The Morgan fingerprint density at radius 2 is 2.23 bits per heavy atom. The van der Waals surface area contributed by atoms with Gasteiger partial charge >= 0.3 is 5.97 Å². The van der Waals surface area contributed by atoms with Gasteiger partial charge in [0.15, 0.2) is 0 Å². The van der Waals surface area contributed by atoms with Crippen LogP contribution in [0.1, 0.15) is 12.0 Å². The largest absolute Gasteiger partial charge is 0.479 e. The third-order valence-electron chi connectivity index (χ3n) is 4.73. The van der Waals surface area contributed by atoms with E-state index in [1.807, 2.05) is 0 Å². The number of amides is 1. The molecule has 1 amide bonds. The van der Waals surface area contributed by atoms with Crippen LogP contribution in [-0.2, 0) is 15.1 Å². The second kappa shape index (κ2) is 4.68. The van der Waals surface area contributed by atoms with Gasteiger partial charge in [0.05, 0.1) is 5.69 Å². The maximum atomic E-state index is 13.1. The molecule has 3 heterocycles. The molecule has 3 aliphatic rings. The number of piperazine rings is 1. The molecule has 0 saturated carbocycles. The fourth-order valence-electron chi connectivity index (χ4n) is 3.63. The Labute approximate surface area is 135 Å². The Hall–Kier alpha value is -1.64. The highest BCUT2D eigenvalue weighted by Crippen LogP contribution is 2.39. The number of fused-ring (bicyclic) bond motifs is 3. The molecule has 2 bridgehead atoms. The van der Waals surface area contributed by atoms with Crippen LogP contribution in [0, 0.1) is 0 Å². The van der Waals surface area contributed by atoms with Crippen LogP contribution in [0.15, 0.2) is 22.7 Å². The third-order valence-corrected chi connectivity index (χ3v) is 5.22. The molecule has 2 fully saturated rings. The molecule has 3 aliphatic heterocycles. The number of carboxylic acid groups (broad SMARTS) is 1. The molecule has 1 aromatic carbocycles. The van der Waals surface area contributed by atoms with E-state index in [1.54, 1.807) is 23.1 Å². The van der Waals surface area contributed by atoms with Crippen molar-refractivity contribution >= 4 is 33.5 Å². The van der Waals surface area contributed by atoms with Crippen LogP contribution in [0.25, 0.3) is 0 Å². The van der Waals surface area contributed by atoms with Gasteiger partial charge < -0.3 is 20.7 Å². The van der Waals surface area contributed by atoms with Gasteiger partial charge in [0, 0.05) is 35.2 Å². The first kappa shape index (κ1) is 14.0. The molecule has 8 heteroatoms. The zero-order valence-electron chi connectivity index (χ0n) is 11.6. The summed E-state index contributed by atoms with van der Waals surface area (Å²) in [6.45, 7) is 1.29. The van der Waals surface area contributed by atoms with Crippen LogP contribution in [0.2, 0.25) is 0 Å². The third kappa shape index (κ3) is 1.74. The Bertz CT molecular complexity index is 682. The average Bonchev–Trinajstić information content (AvgIpc) is 3.19. The number of hydrogen-bond donors (Lipinski definition) is 4. The van der Waals surface area contributed by atoms with E-state index in [0.29, 0.717) is 17.8 Å². The first-order valence-corrected chi connectivity index (χ1v) is 7.93. The lowest BCUT2D eigenvalue weighted by Crippen LogP contribution is -2.61. The van der Waals surface area contributed by atoms with Crippen molar-refractivity contribution in [3.8, 4) is 0 Å². The van der Waals surface area contributed by atoms with Gasteiger partial charge in [0.2, 0.25) is 5.54 Å². The molecule has 0 radical (unpaired) electrons. The molecule has 7 nitrogen and oxygen atoms in total. The Balaban J connectivity index is 1.77. The quantitative estimate of drug-likeness (QED) is 0.560. The number of carbonyl (C=O) groups is 2. The highest BCUT2D eigenvalue weighted by Gasteiger charge is 2.57. The number of benzene rings is 1. The molecule has 1 unspecified atom stereocenters. The van der Waals surface area contributed by atoms with Crippen LogP contribution in [0.4, 0.5) is 5.69 Å². The highest BCUT2D eigenvalue weighted by molar-refractivity contribution is 9.10. The number of aliphatic carboxylic acids is 1. The molecule has 4 N–H and O–H groups in total. The average molecular weight is 367 g/mol. The number of carboxylic acids is 1. The summed E-state index contributed by atoms with van der Waals surface area (Å²) in [5.74, 6) is -1.59. The van der Waals surface area contributed by atoms with Crippen LogP contribution < -0.4 is 16.2 Å². The van der Waals surface area contributed by atoms with Crippen LogP contribution in [-0.4, -0.2) is 47.1 Å². The number of nitrogens with zero attached hydrogens (tertiary/aromatic N) is 1. The zero-order chi connectivity index (χ0) is 15.5. The normalized spacial score (nSPS) is 32.0. The number of hydrogen-bond acceptors (Lipinski definition) is 5. The SMILES string of the molecule is O=C(O)C1(C(=O)N2C[C@@H]3C[C@H]2CN3)NNc2cc(Br)ccc21. The second-order valence-electron chi connectivity index (χ2n) is 5.95. The molecule has 2 saturated heterocycles. The summed E-state index contributed by atoms with van der Waals surface area (Å²) in [5, 5.41) is 13.1. The van der Waals surface area contributed by atoms with Crippen molar-refractivity contribution in [2.24, 2.45) is 0 Å². The molecule has 22 heavy (non-hydrogen) atoms. The Kier molecular flexibility index (Phi) is 2.97. The van der Waals surface area contributed by atoms with E-state index >= 15 is 0 Å². The van der Waals surface area contributed by atoms with Crippen molar-refractivity contribution in [2.45, 2.75) is 24.0 Å². The smallest absolute Gasteiger partial charge is 0.340 e. The summed E-state index contributed by atoms with van der Waals surface area (Å²) in [4.78, 5) is 26.7. The lowest BCUT2D eigenvalue weighted by molar-refractivity contribution is -0.156. The standard InChI is InChI=1S/C14H15BrN4O3/c15-7-1-2-10-11(3-7)17-18-14(10,13(21)22)12(20)19-6-8-4-9(19)5-16-8/h1-3,8-9,16-18H,4-6H2,(H,21,22)/t8-,9-,14?/m0/s1. The van der Waals surface area contributed by atoms with E-state index in [-0.39, 0.29) is 12.1 Å². The second-order valence-corrected chi connectivity index (χ2v) is 6.86. The van der Waals surface area contributed by atoms with E-state index in [1.165, 1.54) is 0 Å². The molecule has 0 spiro atoms. The van der Waals surface area contributed by atoms with E-state index in [4.69, 9.17) is 0 Å². The molecular formula is C14H15BrN4O3. The van der Waals surface area contributed by atoms with Crippen molar-refractivity contribution < 1.29 is 14.7 Å². The lowest BCUT2D eigenvalue weighted by Gasteiger charge is -2.34. The maximum absolute atomic E-state index is 13.1. The number of halogens is 1. The predicted molar refractivity (Wildman–Crippen MR) is 82.1 cm³/mol. The van der Waals surface area contributed by atoms with Gasteiger partial charge in [-0.25, -0.2) is 10.2 Å². The fourth-order valence-corrected chi connectivity index (χ4v) is 3.99. The fraction of sp³-hybridized carbons (Fsp3) is 0.429. The summed E-state index contributed by atoms with van der Waals surface area (Å²) < 4.78 is 0.818. The minimum Gasteiger partial charge on any atom is -0.479 e. The summed E-state index contributed by atoms with van der Waals surface area (Å²) in [7, 11) is 0. The summed E-state index contributed by atoms with van der Waals surface area (Å²) in [6, 6.07) is 5.53. The van der Waals surface area contributed by atoms with Gasteiger partial charge in [-0.15, -0.1) is 0 Å². The number of hydrazine groups is 1. The molecule has 0 aromatic heterocycles. The summed E-state index contributed by atoms with van der Waals surface area (Å²) >= 11 is 3.35. The van der Waals surface area contributed by atoms with Crippen molar-refractivity contribution in [1.82, 2.24) is 15.6 Å². The predicted octanol–water partition coefficient (Wildman–Crippen LogP) is 0.232. The molecule has 0 aliphatic carbocycles. The maximum Gasteiger partial charge on any atom is 0.340 e. The Morgan fingerprint density at radius 3 is 2.86 bits per heavy atom. The number of rotatable bonds is 2. The van der Waals surface area contributed by atoms with Gasteiger partial charge in [-0.1, -0.05) is 22.0 Å². The van der Waals surface area contributed by atoms with Crippen molar-refractivity contribution in [3.05, 3.63) is 28.2 Å². The number of anilines is 1. The van der Waals surface area contributed by atoms with Crippen molar-refractivity contribution in [1.29, 1.82) is 0 Å². The molecule has 116 valence electrons. The highest BCUT2D eigenvalue weighted by atomic mass is 79.9. The first-order valence-electron chi connectivity index (χ1n) is 7.13. The summed E-state index contributed by atoms with van der Waals surface area (Å²) in [6.07, 6.45) is 0.891. The Morgan fingerprint density at radius 1 is 1.41 bits per heavy atom. The van der Waals surface area contributed by atoms with E-state index in [2.05, 4.69) is 32.1 Å². The van der Waals surface area contributed by atoms with Gasteiger partial charge in [-0.3, -0.25) is 4.79 Å². The van der Waals surface area contributed by atoms with Crippen LogP contribution >= 0.6 is 15.9 Å². The van der Waals surface area contributed by atoms with Gasteiger partial charge in [0.25, 0.3) is 5.91 Å². The van der Waals surface area contributed by atoms with Crippen molar-refractivity contribution in [2.75, 3.05) is 18.5 Å². The lowest BCUT2D eigenvalue weighted by atomic mass is 9.89. The van der Waals surface area contributed by atoms with Crippen LogP contribution in [0.5, 0.6) is 0 Å². The van der Waals surface area contributed by atoms with E-state index < -0.39 is 17.4 Å². The minimum absolute atomic E-state index is 0.0787. The first-order chi connectivity index (χ1) is 10.5. The van der Waals surface area contributed by atoms with E-state index in [9.17, 15) is 14.7 Å². The monoisotopic (exact) mass is 366 g/mol. The van der Waals surface area contributed by atoms with Crippen LogP contribution in [0.3, 0.4) is 0 Å². The van der Waals surface area contributed by atoms with E-state index in [0.717, 1.165) is 17.4 Å². The van der Waals surface area contributed by atoms with Gasteiger partial charge in [0.1, 0.15) is 0 Å². The van der Waals surface area contributed by atoms with Crippen molar-refractivity contribution in [3.63, 3.8) is 0 Å². The molecule has 1 aromatic rings. The summed E-state index contributed by atoms with van der Waals surface area (Å²) in [5.41, 5.74) is 4.84. The minimum atomic E-state index is -1.76. The topological polar surface area (TPSA) is 93.7 Å². The molecule has 4 rings (SSSR count). The molecule has 3 atom stereocenters. The van der Waals surface area contributed by atoms with Gasteiger partial charge in [-0.05, 0) is 18.6 Å². The number of likely N-dealkylation sites (tertiary alicyclic amines) is 1. The van der Waals surface area contributed by atoms with Gasteiger partial charge in [-0.2, -0.15) is 0 Å². The zero-order valence-corrected chi connectivity index (χ0v) is 13.2. The number of carbonyl (C=O) groups excluding carboxylic acids is 1. The number of nitrogens with one attached hydrogen (secondary N) is 3.